The maximum atomic E-state index is 12.7. The summed E-state index contributed by atoms with van der Waals surface area (Å²) in [4.78, 5) is 38.4. The molecule has 0 aliphatic carbocycles. The number of pyridine rings is 1. The summed E-state index contributed by atoms with van der Waals surface area (Å²) in [6.07, 6.45) is 4.79. The molecule has 10 heteroatoms. The number of benzene rings is 1. The summed E-state index contributed by atoms with van der Waals surface area (Å²) in [6.45, 7) is 8.22. The van der Waals surface area contributed by atoms with E-state index in [1.165, 1.54) is 25.9 Å². The van der Waals surface area contributed by atoms with Gasteiger partial charge in [0.1, 0.15) is 11.6 Å². The van der Waals surface area contributed by atoms with Crippen LogP contribution in [-0.4, -0.2) is 88.0 Å². The van der Waals surface area contributed by atoms with Crippen LogP contribution in [0.1, 0.15) is 35.9 Å². The van der Waals surface area contributed by atoms with Gasteiger partial charge in [-0.05, 0) is 57.2 Å². The number of hydrogen-bond donors (Lipinski definition) is 2. The van der Waals surface area contributed by atoms with Crippen molar-refractivity contribution in [2.24, 2.45) is 0 Å². The molecular formula is C27H35N9O. The Morgan fingerprint density at radius 3 is 2.46 bits per heavy atom. The number of piperazine rings is 1. The first kappa shape index (κ1) is 25.0. The summed E-state index contributed by atoms with van der Waals surface area (Å²) in [7, 11) is 2.21. The predicted molar refractivity (Wildman–Crippen MR) is 145 cm³/mol. The molecule has 2 aliphatic rings. The molecule has 37 heavy (non-hydrogen) atoms. The van der Waals surface area contributed by atoms with Gasteiger partial charge in [-0.15, -0.1) is 0 Å². The van der Waals surface area contributed by atoms with Crippen LogP contribution in [0.5, 0.6) is 0 Å². The van der Waals surface area contributed by atoms with Crippen LogP contribution in [0, 0.1) is 0 Å². The zero-order valence-corrected chi connectivity index (χ0v) is 21.6. The number of nitrogens with one attached hydrogen (secondary N) is 2. The van der Waals surface area contributed by atoms with E-state index in [1.807, 2.05) is 37.3 Å². The van der Waals surface area contributed by atoms with Crippen molar-refractivity contribution in [1.29, 1.82) is 0 Å². The molecule has 1 aromatic carbocycles. The number of nitrogens with zero attached hydrogens (tertiary/aromatic N) is 7. The molecule has 4 heterocycles. The van der Waals surface area contributed by atoms with E-state index in [0.717, 1.165) is 37.7 Å². The molecule has 0 spiro atoms. The molecule has 2 N–H and O–H groups in total. The largest absolute Gasteiger partial charge is 0.338 e. The van der Waals surface area contributed by atoms with Crippen molar-refractivity contribution in [3.05, 3.63) is 60.0 Å². The van der Waals surface area contributed by atoms with Gasteiger partial charge in [0, 0.05) is 56.1 Å². The third-order valence-corrected chi connectivity index (χ3v) is 7.08. The zero-order valence-electron chi connectivity index (χ0n) is 21.6. The van der Waals surface area contributed by atoms with Crippen LogP contribution in [0.2, 0.25) is 0 Å². The van der Waals surface area contributed by atoms with Crippen molar-refractivity contribution >= 4 is 29.3 Å². The number of hydrogen-bond acceptors (Lipinski definition) is 9. The molecular weight excluding hydrogens is 466 g/mol. The summed E-state index contributed by atoms with van der Waals surface area (Å²) >= 11 is 0. The van der Waals surface area contributed by atoms with Crippen LogP contribution in [0.25, 0.3) is 0 Å². The lowest BCUT2D eigenvalue weighted by Gasteiger charge is -2.42. The smallest absolute Gasteiger partial charge is 0.255 e. The second kappa shape index (κ2) is 11.6. The fourth-order valence-electron chi connectivity index (χ4n) is 4.89. The van der Waals surface area contributed by atoms with Gasteiger partial charge in [-0.2, -0.15) is 15.0 Å². The number of likely N-dealkylation sites (tertiary alicyclic amines) is 1. The molecule has 194 valence electrons. The van der Waals surface area contributed by atoms with Crippen molar-refractivity contribution < 1.29 is 4.79 Å². The summed E-state index contributed by atoms with van der Waals surface area (Å²) in [5, 5.41) is 6.09. The Kier molecular flexibility index (Phi) is 7.86. The van der Waals surface area contributed by atoms with Gasteiger partial charge in [0.2, 0.25) is 11.9 Å². The highest BCUT2D eigenvalue weighted by Gasteiger charge is 2.27. The maximum Gasteiger partial charge on any atom is 0.255 e. The second-order valence-corrected chi connectivity index (χ2v) is 9.66. The molecule has 0 unspecified atom stereocenters. The Labute approximate surface area is 218 Å². The van der Waals surface area contributed by atoms with E-state index in [4.69, 9.17) is 9.97 Å². The van der Waals surface area contributed by atoms with E-state index in [1.54, 1.807) is 18.3 Å². The van der Waals surface area contributed by atoms with E-state index in [0.29, 0.717) is 35.7 Å². The molecule has 0 bridgehead atoms. The molecule has 2 saturated heterocycles. The average molecular weight is 502 g/mol. The molecule has 1 amide bonds. The van der Waals surface area contributed by atoms with E-state index >= 15 is 0 Å². The summed E-state index contributed by atoms with van der Waals surface area (Å²) in [5.74, 6) is 2.16. The second-order valence-electron chi connectivity index (χ2n) is 9.66. The first-order valence-electron chi connectivity index (χ1n) is 13.1. The van der Waals surface area contributed by atoms with Crippen LogP contribution in [0.4, 0.5) is 23.4 Å². The number of carbonyl (C=O) groups is 1. The van der Waals surface area contributed by atoms with Gasteiger partial charge in [0.15, 0.2) is 0 Å². The highest BCUT2D eigenvalue weighted by molar-refractivity contribution is 6.04. The number of para-hydroxylation sites is 1. The van der Waals surface area contributed by atoms with Crippen LogP contribution < -0.4 is 15.5 Å². The third kappa shape index (κ3) is 6.39. The van der Waals surface area contributed by atoms with Gasteiger partial charge in [-0.3, -0.25) is 9.69 Å². The van der Waals surface area contributed by atoms with E-state index in [9.17, 15) is 4.79 Å². The Balaban J connectivity index is 1.25. The molecule has 0 radical (unpaired) electrons. The number of aromatic nitrogens is 4. The summed E-state index contributed by atoms with van der Waals surface area (Å²) in [6, 6.07) is 13.4. The summed E-state index contributed by atoms with van der Waals surface area (Å²) in [5.41, 5.74) is 1.24. The highest BCUT2D eigenvalue weighted by Crippen LogP contribution is 2.21. The molecule has 5 rings (SSSR count). The first-order valence-corrected chi connectivity index (χ1v) is 13.1. The molecule has 0 saturated carbocycles. The molecule has 2 fully saturated rings. The van der Waals surface area contributed by atoms with Crippen molar-refractivity contribution in [3.8, 4) is 0 Å². The topological polar surface area (TPSA) is 102 Å². The minimum Gasteiger partial charge on any atom is -0.338 e. The van der Waals surface area contributed by atoms with Crippen molar-refractivity contribution in [2.45, 2.75) is 32.2 Å². The van der Waals surface area contributed by atoms with Crippen molar-refractivity contribution in [2.75, 3.05) is 61.8 Å². The number of anilines is 4. The van der Waals surface area contributed by atoms with Gasteiger partial charge >= 0.3 is 0 Å². The molecule has 2 aliphatic heterocycles. The van der Waals surface area contributed by atoms with Gasteiger partial charge in [-0.25, -0.2) is 4.98 Å². The van der Waals surface area contributed by atoms with Gasteiger partial charge in [0.25, 0.3) is 5.91 Å². The number of amides is 1. The van der Waals surface area contributed by atoms with Gasteiger partial charge in [0.05, 0.1) is 0 Å². The zero-order chi connectivity index (χ0) is 25.6. The minimum absolute atomic E-state index is 0.204. The highest BCUT2D eigenvalue weighted by atomic mass is 16.1. The lowest BCUT2D eigenvalue weighted by Crippen LogP contribution is -2.53. The van der Waals surface area contributed by atoms with Gasteiger partial charge < -0.3 is 20.4 Å². The quantitative estimate of drug-likeness (QED) is 0.506. The fraction of sp³-hybridized carbons (Fsp3) is 0.444. The summed E-state index contributed by atoms with van der Waals surface area (Å²) < 4.78 is 0. The maximum absolute atomic E-state index is 12.7. The van der Waals surface area contributed by atoms with Crippen molar-refractivity contribution in [1.82, 2.24) is 29.7 Å². The standard InChI is InChI=1S/C27H35N9O/c1-3-23-30-26(31-24-19-20(9-12-28-24)25(37)29-21-7-5-4-6-8-21)33-27(32-23)36-17-15-35(16-18-36)22-10-13-34(2)14-11-22/h4-9,12,19,22H,3,10-11,13-18H2,1-2H3,(H,29,37)(H,28,30,31,32,33). The van der Waals surface area contributed by atoms with Crippen LogP contribution in [0.15, 0.2) is 48.7 Å². The monoisotopic (exact) mass is 501 g/mol. The van der Waals surface area contributed by atoms with E-state index in [2.05, 4.69) is 42.3 Å². The van der Waals surface area contributed by atoms with Crippen molar-refractivity contribution in [3.63, 3.8) is 0 Å². The Morgan fingerprint density at radius 2 is 1.73 bits per heavy atom. The lowest BCUT2D eigenvalue weighted by atomic mass is 10.0. The third-order valence-electron chi connectivity index (χ3n) is 7.08. The first-order chi connectivity index (χ1) is 18.1. The number of carbonyl (C=O) groups excluding carboxylic acids is 1. The lowest BCUT2D eigenvalue weighted by molar-refractivity contribution is 0.102. The number of piperidine rings is 1. The van der Waals surface area contributed by atoms with Crippen LogP contribution in [0.3, 0.4) is 0 Å². The molecule has 0 atom stereocenters. The Hall–Kier alpha value is -3.63. The minimum atomic E-state index is -0.204. The SMILES string of the molecule is CCc1nc(Nc2cc(C(=O)Nc3ccccc3)ccn2)nc(N2CCN(C3CCN(C)CC3)CC2)n1. The predicted octanol–water partition coefficient (Wildman–Crippen LogP) is 3.04. The molecule has 2 aromatic heterocycles. The molecule has 10 nitrogen and oxygen atoms in total. The number of rotatable bonds is 7. The van der Waals surface area contributed by atoms with E-state index < -0.39 is 0 Å². The van der Waals surface area contributed by atoms with Gasteiger partial charge in [-0.1, -0.05) is 25.1 Å². The van der Waals surface area contributed by atoms with E-state index in [-0.39, 0.29) is 5.91 Å². The Morgan fingerprint density at radius 1 is 0.973 bits per heavy atom. The normalized spacial score (nSPS) is 17.5. The van der Waals surface area contributed by atoms with Crippen LogP contribution >= 0.6 is 0 Å². The number of aryl methyl sites for hydroxylation is 1. The van der Waals surface area contributed by atoms with Crippen LogP contribution in [-0.2, 0) is 6.42 Å². The average Bonchev–Trinajstić information content (AvgIpc) is 2.94. The fourth-order valence-corrected chi connectivity index (χ4v) is 4.89. The molecule has 3 aromatic rings. The Bertz CT molecular complexity index is 1190.